The Hall–Kier alpha value is -2.91. The molecule has 4 aliphatic rings. The third kappa shape index (κ3) is 3.89. The molecule has 0 radical (unpaired) electrons. The van der Waals surface area contributed by atoms with E-state index in [-0.39, 0.29) is 18.0 Å². The van der Waals surface area contributed by atoms with Gasteiger partial charge in [0.1, 0.15) is 12.5 Å². The number of esters is 1. The first-order valence-corrected chi connectivity index (χ1v) is 12.5. The number of hydrogen-bond donors (Lipinski definition) is 0. The van der Waals surface area contributed by atoms with E-state index in [9.17, 15) is 4.79 Å². The van der Waals surface area contributed by atoms with E-state index in [0.29, 0.717) is 5.92 Å². The van der Waals surface area contributed by atoms with Crippen LogP contribution in [0, 0.1) is 5.92 Å². The lowest BCUT2D eigenvalue weighted by atomic mass is 9.78. The van der Waals surface area contributed by atoms with E-state index in [0.717, 1.165) is 41.5 Å². The lowest BCUT2D eigenvalue weighted by Crippen LogP contribution is -2.65. The van der Waals surface area contributed by atoms with Gasteiger partial charge in [-0.15, -0.1) is 0 Å². The molecule has 33 heavy (non-hydrogen) atoms. The van der Waals surface area contributed by atoms with Crippen LogP contribution in [0.25, 0.3) is 0 Å². The van der Waals surface area contributed by atoms with Gasteiger partial charge >= 0.3 is 5.97 Å². The van der Waals surface area contributed by atoms with Crippen molar-refractivity contribution in [3.63, 3.8) is 0 Å². The Bertz CT molecular complexity index is 1100. The van der Waals surface area contributed by atoms with Gasteiger partial charge in [-0.2, -0.15) is 0 Å². The molecule has 2 bridgehead atoms. The van der Waals surface area contributed by atoms with E-state index in [1.165, 1.54) is 42.6 Å². The highest BCUT2D eigenvalue weighted by atomic mass is 16.5. The zero-order valence-corrected chi connectivity index (χ0v) is 19.2. The van der Waals surface area contributed by atoms with Crippen molar-refractivity contribution in [1.29, 1.82) is 0 Å². The molecule has 0 amide bonds. The van der Waals surface area contributed by atoms with Crippen LogP contribution in [0.5, 0.6) is 0 Å². The molecule has 3 nitrogen and oxygen atoms in total. The number of piperidine rings is 3. The Morgan fingerprint density at radius 2 is 1.42 bits per heavy atom. The predicted octanol–water partition coefficient (Wildman–Crippen LogP) is 5.12. The Morgan fingerprint density at radius 3 is 2.09 bits per heavy atom. The van der Waals surface area contributed by atoms with Gasteiger partial charge in [0.25, 0.3) is 0 Å². The summed E-state index contributed by atoms with van der Waals surface area (Å²) in [7, 11) is 0. The summed E-state index contributed by atoms with van der Waals surface area (Å²) < 4.78 is 7.50. The topological polar surface area (TPSA) is 26.3 Å². The van der Waals surface area contributed by atoms with Gasteiger partial charge in [0, 0.05) is 25.2 Å². The maximum atomic E-state index is 13.7. The van der Waals surface area contributed by atoms with Gasteiger partial charge in [-0.1, -0.05) is 78.9 Å². The second-order valence-corrected chi connectivity index (χ2v) is 10.3. The minimum atomic E-state index is -0.306. The van der Waals surface area contributed by atoms with Crippen LogP contribution in [0.15, 0.2) is 78.9 Å². The molecule has 3 heteroatoms. The van der Waals surface area contributed by atoms with Crippen LogP contribution in [0.2, 0.25) is 0 Å². The van der Waals surface area contributed by atoms with Gasteiger partial charge in [-0.3, -0.25) is 4.79 Å². The van der Waals surface area contributed by atoms with E-state index in [1.807, 2.05) is 12.1 Å². The van der Waals surface area contributed by atoms with E-state index in [4.69, 9.17) is 4.74 Å². The Labute approximate surface area is 196 Å². The highest BCUT2D eigenvalue weighted by Crippen LogP contribution is 2.40. The van der Waals surface area contributed by atoms with E-state index in [1.54, 1.807) is 0 Å². The highest BCUT2D eigenvalue weighted by molar-refractivity contribution is 5.84. The lowest BCUT2D eigenvalue weighted by molar-refractivity contribution is -0.946. The van der Waals surface area contributed by atoms with Crippen molar-refractivity contribution in [3.05, 3.63) is 107 Å². The van der Waals surface area contributed by atoms with Crippen molar-refractivity contribution >= 4 is 5.97 Å². The number of quaternary nitrogens is 1. The molecule has 0 spiro atoms. The number of fused-ring (bicyclic) bond motifs is 5. The smallest absolute Gasteiger partial charge is 0.318 e. The molecule has 1 unspecified atom stereocenters. The van der Waals surface area contributed by atoms with Crippen LogP contribution >= 0.6 is 0 Å². The molecule has 168 valence electrons. The number of benzene rings is 3. The second-order valence-electron chi connectivity index (χ2n) is 10.3. The number of carbonyl (C=O) groups excluding carboxylic acids is 1. The largest absolute Gasteiger partial charge is 0.455 e. The van der Waals surface area contributed by atoms with Crippen molar-refractivity contribution in [2.75, 3.05) is 26.2 Å². The van der Waals surface area contributed by atoms with Crippen LogP contribution < -0.4 is 0 Å². The standard InChI is InChI=1S/C30H32NO2/c32-30(29-26-12-6-4-10-24(26)20-25-11-5-7-13-27(25)29)33-28-21-31(18-15-23(28)16-19-31)17-14-22-8-2-1-3-9-22/h1-13,23,28-29H,14-21H2/q+1. The van der Waals surface area contributed by atoms with E-state index in [2.05, 4.69) is 66.7 Å². The minimum Gasteiger partial charge on any atom is -0.455 e. The van der Waals surface area contributed by atoms with Gasteiger partial charge < -0.3 is 9.22 Å². The number of rotatable bonds is 5. The van der Waals surface area contributed by atoms with Gasteiger partial charge in [-0.25, -0.2) is 0 Å². The summed E-state index contributed by atoms with van der Waals surface area (Å²) in [5.41, 5.74) is 6.14. The van der Waals surface area contributed by atoms with Crippen LogP contribution in [0.4, 0.5) is 0 Å². The Balaban J connectivity index is 1.22. The molecular formula is C30H32NO2+. The fraction of sp³-hybridized carbons (Fsp3) is 0.367. The van der Waals surface area contributed by atoms with Crippen LogP contribution in [-0.4, -0.2) is 42.7 Å². The van der Waals surface area contributed by atoms with Crippen LogP contribution in [0.3, 0.4) is 0 Å². The van der Waals surface area contributed by atoms with E-state index >= 15 is 0 Å². The molecule has 1 atom stereocenters. The summed E-state index contributed by atoms with van der Waals surface area (Å²) in [5, 5.41) is 0. The normalized spacial score (nSPS) is 25.8. The SMILES string of the molecule is O=C(OC1C[N+]2(CCc3ccccc3)CCC1CC2)C1c2ccccc2Cc2ccccc21. The second kappa shape index (κ2) is 8.46. The molecule has 3 saturated heterocycles. The third-order valence-corrected chi connectivity index (χ3v) is 8.38. The van der Waals surface area contributed by atoms with Gasteiger partial charge in [0.05, 0.1) is 19.6 Å². The van der Waals surface area contributed by atoms with Crippen molar-refractivity contribution in [2.45, 2.75) is 37.7 Å². The predicted molar refractivity (Wildman–Crippen MR) is 130 cm³/mol. The molecule has 3 aromatic carbocycles. The third-order valence-electron chi connectivity index (χ3n) is 8.38. The van der Waals surface area contributed by atoms with Crippen LogP contribution in [0.1, 0.15) is 46.6 Å². The number of carbonyl (C=O) groups is 1. The number of ether oxygens (including phenoxy) is 1. The summed E-state index contributed by atoms with van der Waals surface area (Å²) in [6.45, 7) is 4.56. The van der Waals surface area contributed by atoms with E-state index < -0.39 is 0 Å². The summed E-state index contributed by atoms with van der Waals surface area (Å²) in [4.78, 5) is 13.7. The van der Waals surface area contributed by atoms with Gasteiger partial charge in [-0.05, 0) is 34.2 Å². The molecular weight excluding hydrogens is 406 g/mol. The average Bonchev–Trinajstić information content (AvgIpc) is 2.87. The molecule has 7 rings (SSSR count). The molecule has 3 heterocycles. The Morgan fingerprint density at radius 1 is 0.818 bits per heavy atom. The molecule has 0 N–H and O–H groups in total. The molecule has 1 aliphatic carbocycles. The molecule has 3 fully saturated rings. The summed E-state index contributed by atoms with van der Waals surface area (Å²) in [6, 6.07) is 27.6. The van der Waals surface area contributed by atoms with Crippen molar-refractivity contribution in [3.8, 4) is 0 Å². The maximum absolute atomic E-state index is 13.7. The first kappa shape index (κ1) is 20.7. The van der Waals surface area contributed by atoms with Gasteiger partial charge in [0.15, 0.2) is 6.10 Å². The molecule has 0 aromatic heterocycles. The summed E-state index contributed by atoms with van der Waals surface area (Å²) in [5.74, 6) is 0.147. The van der Waals surface area contributed by atoms with Crippen molar-refractivity contribution in [2.24, 2.45) is 5.92 Å². The molecule has 0 saturated carbocycles. The zero-order valence-electron chi connectivity index (χ0n) is 19.2. The van der Waals surface area contributed by atoms with Gasteiger partial charge in [0.2, 0.25) is 0 Å². The average molecular weight is 439 g/mol. The quantitative estimate of drug-likeness (QED) is 0.408. The monoisotopic (exact) mass is 438 g/mol. The highest BCUT2D eigenvalue weighted by Gasteiger charge is 2.48. The Kier molecular flexibility index (Phi) is 5.30. The van der Waals surface area contributed by atoms with Crippen molar-refractivity contribution in [1.82, 2.24) is 0 Å². The van der Waals surface area contributed by atoms with Crippen molar-refractivity contribution < 1.29 is 14.0 Å². The molecule has 3 aliphatic heterocycles. The minimum absolute atomic E-state index is 0.0389. The summed E-state index contributed by atoms with van der Waals surface area (Å²) in [6.07, 6.45) is 4.36. The summed E-state index contributed by atoms with van der Waals surface area (Å²) >= 11 is 0. The maximum Gasteiger partial charge on any atom is 0.318 e. The lowest BCUT2D eigenvalue weighted by Gasteiger charge is -2.52. The number of nitrogens with zero attached hydrogens (tertiary/aromatic N) is 1. The fourth-order valence-electron chi connectivity index (χ4n) is 6.48. The first-order chi connectivity index (χ1) is 16.2. The van der Waals surface area contributed by atoms with Crippen LogP contribution in [-0.2, 0) is 22.4 Å². The zero-order chi connectivity index (χ0) is 22.3. The first-order valence-electron chi connectivity index (χ1n) is 12.5. The molecule has 3 aromatic rings. The fourth-order valence-corrected chi connectivity index (χ4v) is 6.48. The number of hydrogen-bond acceptors (Lipinski definition) is 2.